The van der Waals surface area contributed by atoms with E-state index < -0.39 is 23.6 Å². The van der Waals surface area contributed by atoms with Crippen molar-refractivity contribution in [2.24, 2.45) is 10.4 Å². The number of aliphatic imine (C=N–C) groups is 1. The fourth-order valence-corrected chi connectivity index (χ4v) is 5.16. The summed E-state index contributed by atoms with van der Waals surface area (Å²) in [5.41, 5.74) is 3.04. The van der Waals surface area contributed by atoms with Crippen molar-refractivity contribution in [1.82, 2.24) is 5.32 Å². The van der Waals surface area contributed by atoms with Crippen LogP contribution in [0.5, 0.6) is 0 Å². The van der Waals surface area contributed by atoms with Crippen LogP contribution < -0.4 is 10.2 Å². The lowest BCUT2D eigenvalue weighted by atomic mass is 9.83. The number of Topliss-reactive ketones (excluding diaryl/α,β-unsaturated/α-hetero) is 1. The van der Waals surface area contributed by atoms with Crippen LogP contribution in [-0.4, -0.2) is 36.2 Å². The molecule has 3 aromatic carbocycles. The maximum atomic E-state index is 13.9. The number of carbonyl (C=O) groups excluding carboxylic acids is 3. The molecule has 1 atom stereocenters. The Hall–Kier alpha value is -4.26. The number of ketones is 1. The largest absolute Gasteiger partial charge is 0.445 e. The fourth-order valence-electron chi connectivity index (χ4n) is 5.16. The molecule has 7 heteroatoms. The highest BCUT2D eigenvalue weighted by molar-refractivity contribution is 6.21. The van der Waals surface area contributed by atoms with E-state index in [0.29, 0.717) is 11.4 Å². The highest BCUT2D eigenvalue weighted by Gasteiger charge is 2.40. The minimum Gasteiger partial charge on any atom is -0.445 e. The number of para-hydroxylation sites is 1. The second kappa shape index (κ2) is 11.0. The number of fused-ring (bicyclic) bond motifs is 1. The topological polar surface area (TPSA) is 88.1 Å². The normalized spacial score (nSPS) is 18.2. The fraction of sp³-hybridized carbons (Fsp3) is 0.290. The van der Waals surface area contributed by atoms with E-state index in [1.54, 1.807) is 0 Å². The molecule has 0 unspecified atom stereocenters. The highest BCUT2D eigenvalue weighted by Crippen LogP contribution is 2.39. The molecular weight excluding hydrogens is 478 g/mol. The van der Waals surface area contributed by atoms with Gasteiger partial charge in [-0.25, -0.2) is 9.79 Å². The second-order valence-electron chi connectivity index (χ2n) is 10.1. The van der Waals surface area contributed by atoms with Gasteiger partial charge in [0.2, 0.25) is 6.17 Å². The summed E-state index contributed by atoms with van der Waals surface area (Å²) in [5.74, 6) is -0.457. The highest BCUT2D eigenvalue weighted by atomic mass is 16.5. The van der Waals surface area contributed by atoms with Gasteiger partial charge in [0, 0.05) is 16.5 Å². The number of benzodiazepines with no additional fused rings is 1. The lowest BCUT2D eigenvalue weighted by Crippen LogP contribution is -2.50. The summed E-state index contributed by atoms with van der Waals surface area (Å²) in [6, 6.07) is 26.2. The zero-order valence-electron chi connectivity index (χ0n) is 21.4. The number of amides is 2. The lowest BCUT2D eigenvalue weighted by molar-refractivity contribution is -0.128. The Kier molecular flexibility index (Phi) is 7.36. The Morgan fingerprint density at radius 2 is 1.58 bits per heavy atom. The van der Waals surface area contributed by atoms with Gasteiger partial charge in [0.15, 0.2) is 5.78 Å². The summed E-state index contributed by atoms with van der Waals surface area (Å²) in [4.78, 5) is 46.5. The van der Waals surface area contributed by atoms with Crippen molar-refractivity contribution in [3.05, 3.63) is 102 Å². The Morgan fingerprint density at radius 1 is 0.947 bits per heavy atom. The van der Waals surface area contributed by atoms with Crippen LogP contribution in [0.2, 0.25) is 0 Å². The molecule has 5 rings (SSSR count). The van der Waals surface area contributed by atoms with Gasteiger partial charge in [0.1, 0.15) is 6.61 Å². The average molecular weight is 510 g/mol. The van der Waals surface area contributed by atoms with Crippen molar-refractivity contribution in [2.45, 2.75) is 45.4 Å². The van der Waals surface area contributed by atoms with Gasteiger partial charge >= 0.3 is 6.09 Å². The molecule has 1 aliphatic heterocycles. The summed E-state index contributed by atoms with van der Waals surface area (Å²) in [6.45, 7) is 1.96. The van der Waals surface area contributed by atoms with Crippen LogP contribution in [0, 0.1) is 5.41 Å². The van der Waals surface area contributed by atoms with E-state index in [9.17, 15) is 14.4 Å². The molecule has 194 valence electrons. The van der Waals surface area contributed by atoms with Crippen molar-refractivity contribution in [2.75, 3.05) is 11.4 Å². The third-order valence-electron chi connectivity index (χ3n) is 7.40. The van der Waals surface area contributed by atoms with Gasteiger partial charge in [-0.3, -0.25) is 14.9 Å². The molecule has 0 aromatic heterocycles. The smallest absolute Gasteiger partial charge is 0.409 e. The van der Waals surface area contributed by atoms with E-state index in [4.69, 9.17) is 9.73 Å². The number of alkyl carbamates (subject to hydrolysis) is 1. The first-order valence-electron chi connectivity index (χ1n) is 13.0. The summed E-state index contributed by atoms with van der Waals surface area (Å²) < 4.78 is 5.39. The molecule has 0 bridgehead atoms. The summed E-state index contributed by atoms with van der Waals surface area (Å²) in [6.07, 6.45) is 1.62. The minimum atomic E-state index is -1.26. The first kappa shape index (κ1) is 25.4. The van der Waals surface area contributed by atoms with E-state index in [2.05, 4.69) is 5.32 Å². The molecule has 1 heterocycles. The van der Waals surface area contributed by atoms with Crippen molar-refractivity contribution < 1.29 is 19.1 Å². The molecule has 0 saturated heterocycles. The third kappa shape index (κ3) is 5.37. The molecule has 38 heavy (non-hydrogen) atoms. The zero-order valence-corrected chi connectivity index (χ0v) is 21.4. The second-order valence-corrected chi connectivity index (χ2v) is 10.1. The molecule has 0 radical (unpaired) electrons. The first-order chi connectivity index (χ1) is 18.4. The van der Waals surface area contributed by atoms with Gasteiger partial charge in [-0.1, -0.05) is 98.6 Å². The molecule has 2 amide bonds. The number of ether oxygens (including phenoxy) is 1. The predicted octanol–water partition coefficient (Wildman–Crippen LogP) is 5.27. The summed E-state index contributed by atoms with van der Waals surface area (Å²) >= 11 is 0. The first-order valence-corrected chi connectivity index (χ1v) is 13.0. The molecular formula is C31H31N3O4. The number of anilines is 1. The van der Waals surface area contributed by atoms with Gasteiger partial charge < -0.3 is 9.64 Å². The number of carbonyl (C=O) groups is 3. The van der Waals surface area contributed by atoms with Crippen molar-refractivity contribution in [3.63, 3.8) is 0 Å². The molecule has 7 nitrogen and oxygen atoms in total. The van der Waals surface area contributed by atoms with Crippen LogP contribution in [0.25, 0.3) is 0 Å². The van der Waals surface area contributed by atoms with Crippen molar-refractivity contribution >= 4 is 29.2 Å². The number of nitrogens with one attached hydrogen (secondary N) is 1. The van der Waals surface area contributed by atoms with E-state index in [-0.39, 0.29) is 18.9 Å². The Morgan fingerprint density at radius 3 is 2.29 bits per heavy atom. The number of hydrogen-bond donors (Lipinski definition) is 1. The maximum Gasteiger partial charge on any atom is 0.409 e. The molecule has 1 N–H and O–H groups in total. The Balaban J connectivity index is 1.48. The van der Waals surface area contributed by atoms with E-state index in [0.717, 1.165) is 42.4 Å². The van der Waals surface area contributed by atoms with Gasteiger partial charge in [0.05, 0.1) is 17.9 Å². The molecule has 0 spiro atoms. The summed E-state index contributed by atoms with van der Waals surface area (Å²) in [7, 11) is 0. The third-order valence-corrected chi connectivity index (χ3v) is 7.40. The number of hydrogen-bond acceptors (Lipinski definition) is 5. The maximum absolute atomic E-state index is 13.9. The summed E-state index contributed by atoms with van der Waals surface area (Å²) in [5, 5.41) is 2.64. The molecule has 2 aliphatic rings. The quantitative estimate of drug-likeness (QED) is 0.470. The van der Waals surface area contributed by atoms with Crippen LogP contribution in [0.15, 0.2) is 89.9 Å². The molecule has 1 fully saturated rings. The van der Waals surface area contributed by atoms with Crippen LogP contribution in [-0.2, 0) is 20.9 Å². The SMILES string of the molecule is CC1(C(=O)CN2C(=O)[C@@H](NC(=O)OCc3ccccc3)N=C(c3ccccc3)c3ccccc32)CCCC1. The van der Waals surface area contributed by atoms with Crippen LogP contribution in [0.4, 0.5) is 10.5 Å². The van der Waals surface area contributed by atoms with E-state index in [1.807, 2.05) is 91.9 Å². The minimum absolute atomic E-state index is 0.0201. The number of benzene rings is 3. The molecule has 1 saturated carbocycles. The number of nitrogens with zero attached hydrogens (tertiary/aromatic N) is 2. The van der Waals surface area contributed by atoms with Crippen molar-refractivity contribution in [3.8, 4) is 0 Å². The van der Waals surface area contributed by atoms with Gasteiger partial charge in [-0.05, 0) is 24.5 Å². The van der Waals surface area contributed by atoms with Crippen LogP contribution in [0.3, 0.4) is 0 Å². The van der Waals surface area contributed by atoms with Crippen LogP contribution >= 0.6 is 0 Å². The van der Waals surface area contributed by atoms with E-state index in [1.165, 1.54) is 4.90 Å². The predicted molar refractivity (Wildman–Crippen MR) is 146 cm³/mol. The molecule has 3 aromatic rings. The molecule has 1 aliphatic carbocycles. The van der Waals surface area contributed by atoms with E-state index >= 15 is 0 Å². The number of rotatable bonds is 7. The van der Waals surface area contributed by atoms with Crippen molar-refractivity contribution in [1.29, 1.82) is 0 Å². The van der Waals surface area contributed by atoms with Gasteiger partial charge in [-0.15, -0.1) is 0 Å². The average Bonchev–Trinajstić information content (AvgIpc) is 3.37. The van der Waals surface area contributed by atoms with Gasteiger partial charge in [-0.2, -0.15) is 0 Å². The zero-order chi connectivity index (χ0) is 26.5. The van der Waals surface area contributed by atoms with Crippen LogP contribution in [0.1, 0.15) is 49.3 Å². The standard InChI is InChI=1S/C31H31N3O4/c1-31(18-10-11-19-31)26(35)20-34-25-17-9-8-16-24(25)27(23-14-6-3-7-15-23)32-28(29(34)36)33-30(37)38-21-22-12-4-2-5-13-22/h2-9,12-17,28H,10-11,18-21H2,1H3,(H,33,37)/t28-/m1/s1. The lowest BCUT2D eigenvalue weighted by Gasteiger charge is -2.29. The van der Waals surface area contributed by atoms with Gasteiger partial charge in [0.25, 0.3) is 5.91 Å². The monoisotopic (exact) mass is 509 g/mol. The Bertz CT molecular complexity index is 1350. The Labute approximate surface area is 222 Å².